The van der Waals surface area contributed by atoms with Crippen molar-refractivity contribution < 1.29 is 47.7 Å². The molecule has 4 amide bonds. The number of benzene rings is 4. The van der Waals surface area contributed by atoms with Gasteiger partial charge in [-0.1, -0.05) is 121 Å². The van der Waals surface area contributed by atoms with Crippen molar-refractivity contribution in [3.05, 3.63) is 144 Å². The van der Waals surface area contributed by atoms with Crippen LogP contribution in [0.4, 0.5) is 9.59 Å². The highest BCUT2D eigenvalue weighted by Gasteiger charge is 2.42. The summed E-state index contributed by atoms with van der Waals surface area (Å²) in [5.41, 5.74) is 3.64. The largest absolute Gasteiger partial charge is 0.460 e. The third-order valence-electron chi connectivity index (χ3n) is 10.2. The van der Waals surface area contributed by atoms with Gasteiger partial charge in [0.1, 0.15) is 18.8 Å². The molecule has 12 heteroatoms. The van der Waals surface area contributed by atoms with Crippen LogP contribution in [-0.4, -0.2) is 83.9 Å². The number of unbranched alkanes of at least 4 members (excludes halogenated alkanes) is 1. The van der Waals surface area contributed by atoms with Gasteiger partial charge in [-0.2, -0.15) is 0 Å². The zero-order chi connectivity index (χ0) is 44.2. The number of carbonyl (C=O) groups is 5. The molecule has 2 fully saturated rings. The molecule has 6 rings (SSSR count). The Labute approximate surface area is 365 Å². The first-order chi connectivity index (χ1) is 30.0. The molecule has 2 aliphatic heterocycles. The number of esters is 1. The van der Waals surface area contributed by atoms with E-state index in [0.29, 0.717) is 65.0 Å². The van der Waals surface area contributed by atoms with Crippen molar-refractivity contribution in [1.29, 1.82) is 0 Å². The second kappa shape index (κ2) is 24.6. The molecule has 0 saturated carbocycles. The summed E-state index contributed by atoms with van der Waals surface area (Å²) < 4.78 is 27.2. The number of hydrogen-bond donors (Lipinski definition) is 0. The van der Waals surface area contributed by atoms with E-state index < -0.39 is 41.6 Å². The predicted molar refractivity (Wildman–Crippen MR) is 233 cm³/mol. The van der Waals surface area contributed by atoms with Gasteiger partial charge in [0.15, 0.2) is 0 Å². The van der Waals surface area contributed by atoms with E-state index in [0.717, 1.165) is 28.7 Å². The first kappa shape index (κ1) is 47.2. The number of nitrogens with zero attached hydrogens (tertiary/aromatic N) is 2. The van der Waals surface area contributed by atoms with Crippen molar-refractivity contribution in [3.8, 4) is 0 Å². The van der Waals surface area contributed by atoms with Crippen LogP contribution in [0.1, 0.15) is 81.5 Å². The van der Waals surface area contributed by atoms with Crippen molar-refractivity contribution in [1.82, 2.24) is 9.80 Å². The maximum absolute atomic E-state index is 13.5. The fourth-order valence-corrected chi connectivity index (χ4v) is 7.22. The van der Waals surface area contributed by atoms with Crippen LogP contribution in [0.2, 0.25) is 0 Å². The molecule has 0 radical (unpaired) electrons. The van der Waals surface area contributed by atoms with Gasteiger partial charge in [0.2, 0.25) is 11.8 Å². The Hall–Kier alpha value is -5.85. The number of imide groups is 2. The summed E-state index contributed by atoms with van der Waals surface area (Å²) >= 11 is 0. The van der Waals surface area contributed by atoms with Gasteiger partial charge in [-0.3, -0.25) is 14.4 Å². The van der Waals surface area contributed by atoms with Crippen molar-refractivity contribution in [3.63, 3.8) is 0 Å². The Bertz CT molecular complexity index is 1990. The molecule has 2 saturated heterocycles. The van der Waals surface area contributed by atoms with Gasteiger partial charge in [0.05, 0.1) is 31.7 Å². The van der Waals surface area contributed by atoms with Crippen LogP contribution in [0.5, 0.6) is 0 Å². The lowest BCUT2D eigenvalue weighted by molar-refractivity contribution is -0.158. The molecule has 0 aromatic heterocycles. The fourth-order valence-electron chi connectivity index (χ4n) is 7.22. The maximum atomic E-state index is 13.5. The van der Waals surface area contributed by atoms with E-state index >= 15 is 0 Å². The summed E-state index contributed by atoms with van der Waals surface area (Å²) in [4.78, 5) is 65.5. The molecule has 1 unspecified atom stereocenters. The van der Waals surface area contributed by atoms with Crippen molar-refractivity contribution >= 4 is 30.0 Å². The molecule has 4 aromatic carbocycles. The molecule has 0 aliphatic carbocycles. The average Bonchev–Trinajstić information content (AvgIpc) is 3.82. The number of ether oxygens (including phenoxy) is 5. The highest BCUT2D eigenvalue weighted by molar-refractivity contribution is 5.96. The molecule has 0 bridgehead atoms. The smallest absolute Gasteiger partial charge is 0.416 e. The lowest BCUT2D eigenvalue weighted by atomic mass is 9.96. The number of carbonyl (C=O) groups excluding carboxylic acids is 5. The summed E-state index contributed by atoms with van der Waals surface area (Å²) in [6.07, 6.45) is 2.60. The normalized spacial score (nSPS) is 16.5. The predicted octanol–water partition coefficient (Wildman–Crippen LogP) is 8.89. The van der Waals surface area contributed by atoms with Crippen molar-refractivity contribution in [2.75, 3.05) is 26.4 Å². The van der Waals surface area contributed by atoms with Crippen molar-refractivity contribution in [2.45, 2.75) is 103 Å². The van der Waals surface area contributed by atoms with Gasteiger partial charge in [0, 0.05) is 25.6 Å². The van der Waals surface area contributed by atoms with Gasteiger partial charge < -0.3 is 23.7 Å². The van der Waals surface area contributed by atoms with E-state index in [1.165, 1.54) is 9.80 Å². The van der Waals surface area contributed by atoms with E-state index in [2.05, 4.69) is 0 Å². The minimum Gasteiger partial charge on any atom is -0.460 e. The molecule has 0 spiro atoms. The fraction of sp³-hybridized carbons (Fsp3) is 0.420. The number of cyclic esters (lactones) is 2. The highest BCUT2D eigenvalue weighted by Crippen LogP contribution is 2.25. The Morgan fingerprint density at radius 2 is 1.05 bits per heavy atom. The molecule has 2 aliphatic rings. The number of amides is 4. The molecule has 2 heterocycles. The topological polar surface area (TPSA) is 138 Å². The molecular formula is C50H60N2O10. The summed E-state index contributed by atoms with van der Waals surface area (Å²) in [6.45, 7) is 7.84. The van der Waals surface area contributed by atoms with Crippen LogP contribution in [0.3, 0.4) is 0 Å². The van der Waals surface area contributed by atoms with Crippen LogP contribution in [-0.2, 0) is 64.1 Å². The van der Waals surface area contributed by atoms with E-state index in [9.17, 15) is 24.0 Å². The van der Waals surface area contributed by atoms with Gasteiger partial charge >= 0.3 is 18.2 Å². The lowest BCUT2D eigenvalue weighted by Gasteiger charge is -2.26. The van der Waals surface area contributed by atoms with Crippen LogP contribution in [0.15, 0.2) is 121 Å². The zero-order valence-corrected chi connectivity index (χ0v) is 36.2. The quantitative estimate of drug-likeness (QED) is 0.0482. The summed E-state index contributed by atoms with van der Waals surface area (Å²) in [7, 11) is 0. The lowest BCUT2D eigenvalue weighted by Crippen LogP contribution is -2.44. The monoisotopic (exact) mass is 848 g/mol. The molecular weight excluding hydrogens is 789 g/mol. The standard InChI is InChI=1S/C28H35NO6.C22H25NO4/c1-28(2,3)35-25(30)18-23(15-10-16-33-19-22-13-8-5-9-14-22)26(31)29-24(20-34-27(29)32)17-21-11-6-4-7-12-21;24-21(13-7-8-14-26-16-19-11-5-2-6-12-19)23-20(17-27-22(23)25)15-18-9-3-1-4-10-18/h4-9,11-14,23-24H,10,15-20H2,1-3H3;1-6,9-12,20H,7-8,13-17H2/t23?,24-;20-/m11/s1. The molecule has 0 N–H and O–H groups in total. The van der Waals surface area contributed by atoms with Crippen LogP contribution < -0.4 is 0 Å². The molecule has 330 valence electrons. The molecule has 12 nitrogen and oxygen atoms in total. The van der Waals surface area contributed by atoms with Crippen molar-refractivity contribution in [2.24, 2.45) is 5.92 Å². The Morgan fingerprint density at radius 3 is 1.53 bits per heavy atom. The number of hydrogen-bond acceptors (Lipinski definition) is 10. The molecule has 62 heavy (non-hydrogen) atoms. The molecule has 4 aromatic rings. The first-order valence-corrected chi connectivity index (χ1v) is 21.5. The van der Waals surface area contributed by atoms with Crippen LogP contribution in [0, 0.1) is 5.92 Å². The maximum Gasteiger partial charge on any atom is 0.416 e. The van der Waals surface area contributed by atoms with Gasteiger partial charge in [-0.05, 0) is 81.5 Å². The van der Waals surface area contributed by atoms with Crippen LogP contribution >= 0.6 is 0 Å². The Balaban J connectivity index is 0.000000242. The minimum atomic E-state index is -0.700. The van der Waals surface area contributed by atoms with E-state index in [1.54, 1.807) is 20.8 Å². The first-order valence-electron chi connectivity index (χ1n) is 21.5. The van der Waals surface area contributed by atoms with Gasteiger partial charge in [-0.25, -0.2) is 19.4 Å². The van der Waals surface area contributed by atoms with E-state index in [4.69, 9.17) is 23.7 Å². The second-order valence-corrected chi connectivity index (χ2v) is 16.5. The van der Waals surface area contributed by atoms with E-state index in [-0.39, 0.29) is 31.6 Å². The second-order valence-electron chi connectivity index (χ2n) is 16.5. The Morgan fingerprint density at radius 1 is 0.613 bits per heavy atom. The minimum absolute atomic E-state index is 0.101. The summed E-state index contributed by atoms with van der Waals surface area (Å²) in [6, 6.07) is 38.7. The third kappa shape index (κ3) is 15.9. The zero-order valence-electron chi connectivity index (χ0n) is 36.2. The SMILES string of the molecule is CC(C)(C)OC(=O)CC(CCCOCc1ccccc1)C(=O)N1C(=O)OC[C@H]1Cc1ccccc1.O=C(CCCCOCc1ccccc1)N1C(=O)OC[C@H]1Cc1ccccc1. The van der Waals surface area contributed by atoms with Gasteiger partial charge in [-0.15, -0.1) is 0 Å². The summed E-state index contributed by atoms with van der Waals surface area (Å²) in [5, 5.41) is 0. The molecule has 3 atom stereocenters. The third-order valence-corrected chi connectivity index (χ3v) is 10.2. The van der Waals surface area contributed by atoms with E-state index in [1.807, 2.05) is 121 Å². The number of rotatable bonds is 20. The van der Waals surface area contributed by atoms with Crippen LogP contribution in [0.25, 0.3) is 0 Å². The Kier molecular flexibility index (Phi) is 18.7. The van der Waals surface area contributed by atoms with Gasteiger partial charge in [0.25, 0.3) is 0 Å². The highest BCUT2D eigenvalue weighted by atomic mass is 16.6. The summed E-state index contributed by atoms with van der Waals surface area (Å²) in [5.74, 6) is -1.73. The average molecular weight is 849 g/mol.